The van der Waals surface area contributed by atoms with Crippen LogP contribution in [0.3, 0.4) is 0 Å². The molecule has 4 rings (SSSR count). The molecule has 1 aliphatic heterocycles. The SMILES string of the molecule is CCOc1ccc(NC(=O)c2ccc(C)c(NC3=C(Cl)C(=O)N(c4ccc(Cl)cc4)C3=O)c2)cc1. The first-order valence-electron chi connectivity index (χ1n) is 10.7. The van der Waals surface area contributed by atoms with E-state index in [9.17, 15) is 14.4 Å². The number of nitrogens with one attached hydrogen (secondary N) is 2. The van der Waals surface area contributed by atoms with Crippen molar-refractivity contribution in [2.75, 3.05) is 22.1 Å². The second kappa shape index (κ2) is 10.2. The van der Waals surface area contributed by atoms with Gasteiger partial charge in [-0.1, -0.05) is 29.3 Å². The topological polar surface area (TPSA) is 87.7 Å². The Morgan fingerprint density at radius 1 is 0.943 bits per heavy atom. The van der Waals surface area contributed by atoms with E-state index in [0.717, 1.165) is 10.5 Å². The Morgan fingerprint density at radius 2 is 1.63 bits per heavy atom. The fourth-order valence-electron chi connectivity index (χ4n) is 3.47. The van der Waals surface area contributed by atoms with Crippen molar-refractivity contribution in [1.82, 2.24) is 0 Å². The number of anilines is 3. The maximum absolute atomic E-state index is 13.0. The minimum atomic E-state index is -0.650. The molecule has 178 valence electrons. The number of aryl methyl sites for hydroxylation is 1. The number of benzene rings is 3. The zero-order chi connectivity index (χ0) is 25.1. The Morgan fingerprint density at radius 3 is 2.29 bits per heavy atom. The summed E-state index contributed by atoms with van der Waals surface area (Å²) in [5.41, 5.74) is 2.46. The second-order valence-electron chi connectivity index (χ2n) is 7.68. The number of amides is 3. The third kappa shape index (κ3) is 5.16. The Balaban J connectivity index is 1.53. The highest BCUT2D eigenvalue weighted by Gasteiger charge is 2.39. The van der Waals surface area contributed by atoms with Crippen LogP contribution in [0.15, 0.2) is 77.5 Å². The highest BCUT2D eigenvalue weighted by Crippen LogP contribution is 2.31. The van der Waals surface area contributed by atoms with Gasteiger partial charge in [0.1, 0.15) is 16.5 Å². The fourth-order valence-corrected chi connectivity index (χ4v) is 3.81. The fraction of sp³-hybridized carbons (Fsp3) is 0.115. The molecule has 0 atom stereocenters. The molecular weight excluding hydrogens is 489 g/mol. The molecule has 3 aromatic carbocycles. The molecule has 0 fully saturated rings. The number of hydrogen-bond acceptors (Lipinski definition) is 5. The molecule has 0 bridgehead atoms. The average molecular weight is 510 g/mol. The van der Waals surface area contributed by atoms with Crippen molar-refractivity contribution < 1.29 is 19.1 Å². The average Bonchev–Trinajstić information content (AvgIpc) is 3.05. The molecule has 0 spiro atoms. The van der Waals surface area contributed by atoms with Gasteiger partial charge in [0.15, 0.2) is 0 Å². The monoisotopic (exact) mass is 509 g/mol. The molecule has 0 unspecified atom stereocenters. The van der Waals surface area contributed by atoms with E-state index in [1.54, 1.807) is 66.7 Å². The third-order valence-electron chi connectivity index (χ3n) is 5.29. The number of ether oxygens (including phenoxy) is 1. The van der Waals surface area contributed by atoms with Gasteiger partial charge in [-0.25, -0.2) is 4.90 Å². The minimum Gasteiger partial charge on any atom is -0.494 e. The van der Waals surface area contributed by atoms with Gasteiger partial charge < -0.3 is 15.4 Å². The number of halogens is 2. The summed E-state index contributed by atoms with van der Waals surface area (Å²) in [6.45, 7) is 4.26. The van der Waals surface area contributed by atoms with E-state index < -0.39 is 11.8 Å². The van der Waals surface area contributed by atoms with Gasteiger partial charge in [0.05, 0.1) is 12.3 Å². The summed E-state index contributed by atoms with van der Waals surface area (Å²) in [5.74, 6) is -0.885. The summed E-state index contributed by atoms with van der Waals surface area (Å²) in [4.78, 5) is 39.5. The smallest absolute Gasteiger partial charge is 0.283 e. The lowest BCUT2D eigenvalue weighted by atomic mass is 10.1. The first-order valence-corrected chi connectivity index (χ1v) is 11.5. The van der Waals surface area contributed by atoms with Crippen LogP contribution < -0.4 is 20.3 Å². The lowest BCUT2D eigenvalue weighted by Crippen LogP contribution is -2.32. The van der Waals surface area contributed by atoms with Crippen LogP contribution in [0.2, 0.25) is 5.02 Å². The van der Waals surface area contributed by atoms with E-state index in [2.05, 4.69) is 10.6 Å². The summed E-state index contributed by atoms with van der Waals surface area (Å²) < 4.78 is 5.41. The standard InChI is InChI=1S/C26H21Cl2N3O4/c1-3-35-20-12-8-18(9-13-20)29-24(32)16-5-4-15(2)21(14-16)30-23-22(28)25(33)31(26(23)34)19-10-6-17(27)7-11-19/h4-14,30H,3H2,1-2H3,(H,29,32). The molecule has 0 saturated carbocycles. The minimum absolute atomic E-state index is 0.0706. The van der Waals surface area contributed by atoms with E-state index in [0.29, 0.717) is 40.0 Å². The Kier molecular flexibility index (Phi) is 7.10. The molecule has 0 saturated heterocycles. The number of carbonyl (C=O) groups excluding carboxylic acids is 3. The van der Waals surface area contributed by atoms with Crippen molar-refractivity contribution in [2.45, 2.75) is 13.8 Å². The van der Waals surface area contributed by atoms with Gasteiger partial charge in [0.25, 0.3) is 17.7 Å². The zero-order valence-corrected chi connectivity index (χ0v) is 20.4. The van der Waals surface area contributed by atoms with E-state index in [1.807, 2.05) is 13.8 Å². The molecule has 1 heterocycles. The van der Waals surface area contributed by atoms with E-state index in [-0.39, 0.29) is 16.6 Å². The first-order chi connectivity index (χ1) is 16.8. The van der Waals surface area contributed by atoms with Crippen LogP contribution in [-0.4, -0.2) is 24.3 Å². The van der Waals surface area contributed by atoms with E-state index in [1.165, 1.54) is 0 Å². The molecule has 0 radical (unpaired) electrons. The number of nitrogens with zero attached hydrogens (tertiary/aromatic N) is 1. The van der Waals surface area contributed by atoms with Crippen LogP contribution in [0.25, 0.3) is 0 Å². The van der Waals surface area contributed by atoms with E-state index >= 15 is 0 Å². The maximum Gasteiger partial charge on any atom is 0.283 e. The van der Waals surface area contributed by atoms with Crippen LogP contribution in [-0.2, 0) is 9.59 Å². The number of carbonyl (C=O) groups is 3. The number of rotatable bonds is 7. The Bertz CT molecular complexity index is 1340. The lowest BCUT2D eigenvalue weighted by Gasteiger charge is -2.16. The molecule has 1 aliphatic rings. The first kappa shape index (κ1) is 24.3. The van der Waals surface area contributed by atoms with Gasteiger partial charge in [0.2, 0.25) is 0 Å². The summed E-state index contributed by atoms with van der Waals surface area (Å²) in [5, 5.41) is 6.00. The quantitative estimate of drug-likeness (QED) is 0.396. The highest BCUT2D eigenvalue weighted by atomic mass is 35.5. The van der Waals surface area contributed by atoms with Crippen LogP contribution in [0.4, 0.5) is 17.1 Å². The van der Waals surface area contributed by atoms with Crippen molar-refractivity contribution in [3.8, 4) is 5.75 Å². The van der Waals surface area contributed by atoms with Gasteiger partial charge in [-0.2, -0.15) is 0 Å². The Labute approximate surface area is 212 Å². The van der Waals surface area contributed by atoms with Gasteiger partial charge in [-0.3, -0.25) is 14.4 Å². The van der Waals surface area contributed by atoms with Crippen LogP contribution in [0.1, 0.15) is 22.8 Å². The molecule has 3 amide bonds. The number of hydrogen-bond donors (Lipinski definition) is 2. The summed E-state index contributed by atoms with van der Waals surface area (Å²) >= 11 is 12.1. The summed E-state index contributed by atoms with van der Waals surface area (Å²) in [7, 11) is 0. The molecule has 9 heteroatoms. The van der Waals surface area contributed by atoms with Gasteiger partial charge >= 0.3 is 0 Å². The molecule has 2 N–H and O–H groups in total. The van der Waals surface area contributed by atoms with E-state index in [4.69, 9.17) is 27.9 Å². The predicted octanol–water partition coefficient (Wildman–Crippen LogP) is 5.74. The van der Waals surface area contributed by atoms with Crippen molar-refractivity contribution in [3.05, 3.63) is 93.6 Å². The van der Waals surface area contributed by atoms with Gasteiger partial charge in [-0.05, 0) is 80.1 Å². The predicted molar refractivity (Wildman–Crippen MR) is 137 cm³/mol. The number of imide groups is 1. The van der Waals surface area contributed by atoms with Crippen molar-refractivity contribution in [2.24, 2.45) is 0 Å². The lowest BCUT2D eigenvalue weighted by molar-refractivity contribution is -0.120. The van der Waals surface area contributed by atoms with Crippen LogP contribution in [0.5, 0.6) is 5.75 Å². The summed E-state index contributed by atoms with van der Waals surface area (Å²) in [6.07, 6.45) is 0. The van der Waals surface area contributed by atoms with Gasteiger partial charge in [-0.15, -0.1) is 0 Å². The molecule has 0 aliphatic carbocycles. The summed E-state index contributed by atoms with van der Waals surface area (Å²) in [6, 6.07) is 18.3. The molecule has 0 aromatic heterocycles. The second-order valence-corrected chi connectivity index (χ2v) is 8.49. The maximum atomic E-state index is 13.0. The normalized spacial score (nSPS) is 13.3. The third-order valence-corrected chi connectivity index (χ3v) is 5.90. The molecule has 35 heavy (non-hydrogen) atoms. The van der Waals surface area contributed by atoms with Crippen molar-refractivity contribution in [1.29, 1.82) is 0 Å². The Hall–Kier alpha value is -3.81. The van der Waals surface area contributed by atoms with Crippen molar-refractivity contribution >= 4 is 58.0 Å². The van der Waals surface area contributed by atoms with Crippen LogP contribution in [0, 0.1) is 6.92 Å². The van der Waals surface area contributed by atoms with Crippen molar-refractivity contribution in [3.63, 3.8) is 0 Å². The molecule has 3 aromatic rings. The largest absolute Gasteiger partial charge is 0.494 e. The van der Waals surface area contributed by atoms with Gasteiger partial charge in [0, 0.05) is 22.0 Å². The highest BCUT2D eigenvalue weighted by molar-refractivity contribution is 6.53. The molecular formula is C26H21Cl2N3O4. The molecule has 7 nitrogen and oxygen atoms in total. The zero-order valence-electron chi connectivity index (χ0n) is 18.9. The van der Waals surface area contributed by atoms with Crippen LogP contribution >= 0.6 is 23.2 Å².